The van der Waals surface area contributed by atoms with Crippen molar-refractivity contribution in [3.05, 3.63) is 103 Å². The average Bonchev–Trinajstić information content (AvgIpc) is 3.35. The summed E-state index contributed by atoms with van der Waals surface area (Å²) in [6.45, 7) is 0.257. The molecule has 3 aromatic heterocycles. The predicted molar refractivity (Wildman–Crippen MR) is 126 cm³/mol. The van der Waals surface area contributed by atoms with E-state index in [4.69, 9.17) is 16.0 Å². The highest BCUT2D eigenvalue weighted by Crippen LogP contribution is 2.21. The third-order valence-corrected chi connectivity index (χ3v) is 5.64. The first kappa shape index (κ1) is 21.5. The number of halogens is 1. The molecule has 0 aliphatic carbocycles. The van der Waals surface area contributed by atoms with Crippen molar-refractivity contribution >= 4 is 39.3 Å². The molecule has 5 rings (SSSR count). The summed E-state index contributed by atoms with van der Waals surface area (Å²) in [7, 11) is 0. The van der Waals surface area contributed by atoms with E-state index in [0.29, 0.717) is 27.4 Å². The second-order valence-electron chi connectivity index (χ2n) is 7.64. The predicted octanol–water partition coefficient (Wildman–Crippen LogP) is 3.17. The minimum atomic E-state index is -0.647. The van der Waals surface area contributed by atoms with Gasteiger partial charge in [0.15, 0.2) is 0 Å². The fraction of sp³-hybridized carbons (Fsp3) is 0.0833. The number of pyridine rings is 1. The van der Waals surface area contributed by atoms with Gasteiger partial charge in [0.2, 0.25) is 5.43 Å². The molecule has 0 radical (unpaired) electrons. The monoisotopic (exact) mass is 476 g/mol. The van der Waals surface area contributed by atoms with E-state index >= 15 is 0 Å². The Kier molecular flexibility index (Phi) is 5.39. The number of rotatable bonds is 5. The minimum absolute atomic E-state index is 0.00524. The molecule has 3 N–H and O–H groups in total. The normalized spacial score (nSPS) is 11.2. The molecule has 1 amide bonds. The standard InChI is InChI=1S/C24H17ClN4O5/c25-15-7-8-17-18(10-15)27-20-19(21(17)30)24(33)29(28-23(20)32)12-13-3-5-14(6-4-13)22(31)26-11-16-2-1-9-34-16/h1-10H,11-12H2,(H,26,31)(H,27,30)(H,28,32). The van der Waals surface area contributed by atoms with Gasteiger partial charge in [0.1, 0.15) is 16.7 Å². The lowest BCUT2D eigenvalue weighted by Gasteiger charge is -2.10. The first-order valence-corrected chi connectivity index (χ1v) is 10.6. The minimum Gasteiger partial charge on any atom is -0.491 e. The Hall–Kier alpha value is -4.37. The van der Waals surface area contributed by atoms with Gasteiger partial charge >= 0.3 is 0 Å². The molecule has 3 heterocycles. The summed E-state index contributed by atoms with van der Waals surface area (Å²) in [6.07, 6.45) is 1.53. The first-order chi connectivity index (χ1) is 16.4. The van der Waals surface area contributed by atoms with E-state index in [1.54, 1.807) is 42.5 Å². The molecule has 34 heavy (non-hydrogen) atoms. The van der Waals surface area contributed by atoms with E-state index in [1.165, 1.54) is 18.4 Å². The third-order valence-electron chi connectivity index (χ3n) is 5.40. The van der Waals surface area contributed by atoms with Gasteiger partial charge in [0.05, 0.1) is 24.9 Å². The quantitative estimate of drug-likeness (QED) is 0.334. The smallest absolute Gasteiger partial charge is 0.280 e. The summed E-state index contributed by atoms with van der Waals surface area (Å²) in [4.78, 5) is 41.2. The van der Waals surface area contributed by atoms with Crippen LogP contribution >= 0.6 is 11.6 Å². The van der Waals surface area contributed by atoms with Crippen LogP contribution in [0.25, 0.3) is 21.8 Å². The van der Waals surface area contributed by atoms with Crippen LogP contribution < -0.4 is 16.3 Å². The summed E-state index contributed by atoms with van der Waals surface area (Å²) < 4.78 is 6.20. The van der Waals surface area contributed by atoms with Crippen molar-refractivity contribution in [2.45, 2.75) is 13.1 Å². The number of aromatic amines is 1. The van der Waals surface area contributed by atoms with E-state index in [9.17, 15) is 19.5 Å². The van der Waals surface area contributed by atoms with Gasteiger partial charge in [-0.3, -0.25) is 14.4 Å². The lowest BCUT2D eigenvalue weighted by molar-refractivity contribution is 0.0948. The van der Waals surface area contributed by atoms with Crippen molar-refractivity contribution < 1.29 is 14.3 Å². The van der Waals surface area contributed by atoms with Gasteiger partial charge in [0.25, 0.3) is 17.3 Å². The van der Waals surface area contributed by atoms with Gasteiger partial charge in [-0.05, 0) is 48.0 Å². The maximum Gasteiger partial charge on any atom is 0.280 e. The lowest BCUT2D eigenvalue weighted by Crippen LogP contribution is -2.28. The maximum atomic E-state index is 13.1. The molecule has 0 atom stereocenters. The van der Waals surface area contributed by atoms with E-state index in [-0.39, 0.29) is 35.3 Å². The van der Waals surface area contributed by atoms with E-state index in [0.717, 1.165) is 4.68 Å². The number of fused-ring (bicyclic) bond motifs is 2. The van der Waals surface area contributed by atoms with Crippen LogP contribution in [0.5, 0.6) is 5.88 Å². The van der Waals surface area contributed by atoms with E-state index in [1.807, 2.05) is 0 Å². The number of H-pyrrole nitrogens is 1. The molecule has 170 valence electrons. The number of nitrogens with zero attached hydrogens (tertiary/aromatic N) is 2. The lowest BCUT2D eigenvalue weighted by atomic mass is 10.1. The fourth-order valence-electron chi connectivity index (χ4n) is 3.70. The van der Waals surface area contributed by atoms with Gasteiger partial charge in [-0.15, -0.1) is 5.10 Å². The number of carbonyl (C=O) groups is 1. The Morgan fingerprint density at radius 3 is 2.68 bits per heavy atom. The second-order valence-corrected chi connectivity index (χ2v) is 8.08. The van der Waals surface area contributed by atoms with Crippen molar-refractivity contribution in [1.82, 2.24) is 20.1 Å². The SMILES string of the molecule is O=C(NCc1ccco1)c1ccc(Cn2nc(O)c3[nH]c4cc(Cl)ccc4c(=O)c3c2=O)cc1. The molecule has 0 spiro atoms. The zero-order valence-corrected chi connectivity index (χ0v) is 18.3. The van der Waals surface area contributed by atoms with Crippen LogP contribution in [0.4, 0.5) is 0 Å². The van der Waals surface area contributed by atoms with Crippen molar-refractivity contribution in [1.29, 1.82) is 0 Å². The van der Waals surface area contributed by atoms with Crippen LogP contribution in [0.15, 0.2) is 74.9 Å². The number of aromatic nitrogens is 3. The summed E-state index contributed by atoms with van der Waals surface area (Å²) in [5.41, 5.74) is 0.245. The Balaban J connectivity index is 1.44. The van der Waals surface area contributed by atoms with Crippen LogP contribution in [0.1, 0.15) is 21.7 Å². The Morgan fingerprint density at radius 1 is 1.15 bits per heavy atom. The van der Waals surface area contributed by atoms with Crippen LogP contribution in [-0.4, -0.2) is 25.8 Å². The van der Waals surface area contributed by atoms with Crippen molar-refractivity contribution in [2.75, 3.05) is 0 Å². The Labute approximate surface area is 196 Å². The summed E-state index contributed by atoms with van der Waals surface area (Å²) in [5, 5.41) is 17.6. The van der Waals surface area contributed by atoms with Gasteiger partial charge in [-0.25, -0.2) is 4.68 Å². The number of aromatic hydroxyl groups is 1. The highest BCUT2D eigenvalue weighted by atomic mass is 35.5. The number of carbonyl (C=O) groups excluding carboxylic acids is 1. The zero-order valence-electron chi connectivity index (χ0n) is 17.5. The first-order valence-electron chi connectivity index (χ1n) is 10.3. The number of hydrogen-bond donors (Lipinski definition) is 3. The van der Waals surface area contributed by atoms with Crippen LogP contribution in [0, 0.1) is 0 Å². The number of benzene rings is 2. The molecule has 0 fully saturated rings. The molecular weight excluding hydrogens is 460 g/mol. The number of hydrogen-bond acceptors (Lipinski definition) is 6. The van der Waals surface area contributed by atoms with E-state index in [2.05, 4.69) is 15.4 Å². The molecule has 2 aromatic carbocycles. The molecule has 0 aliphatic heterocycles. The van der Waals surface area contributed by atoms with Gasteiger partial charge in [-0.1, -0.05) is 23.7 Å². The van der Waals surface area contributed by atoms with Crippen molar-refractivity contribution in [2.24, 2.45) is 0 Å². The largest absolute Gasteiger partial charge is 0.491 e. The zero-order chi connectivity index (χ0) is 23.8. The molecule has 0 unspecified atom stereocenters. The molecule has 10 heteroatoms. The summed E-state index contributed by atoms with van der Waals surface area (Å²) in [6, 6.07) is 14.7. The van der Waals surface area contributed by atoms with Crippen LogP contribution in [-0.2, 0) is 13.1 Å². The van der Waals surface area contributed by atoms with Crippen LogP contribution in [0.3, 0.4) is 0 Å². The number of nitrogens with one attached hydrogen (secondary N) is 2. The number of amides is 1. The second kappa shape index (κ2) is 8.53. The van der Waals surface area contributed by atoms with Gasteiger partial charge in [0, 0.05) is 16.0 Å². The molecule has 0 bridgehead atoms. The molecule has 5 aromatic rings. The highest BCUT2D eigenvalue weighted by Gasteiger charge is 2.17. The van der Waals surface area contributed by atoms with Crippen molar-refractivity contribution in [3.8, 4) is 5.88 Å². The molecule has 9 nitrogen and oxygen atoms in total. The summed E-state index contributed by atoms with van der Waals surface area (Å²) >= 11 is 5.98. The van der Waals surface area contributed by atoms with Crippen LogP contribution in [0.2, 0.25) is 5.02 Å². The average molecular weight is 477 g/mol. The Bertz CT molecular complexity index is 1650. The maximum absolute atomic E-state index is 13.1. The van der Waals surface area contributed by atoms with Gasteiger partial charge < -0.3 is 19.8 Å². The van der Waals surface area contributed by atoms with Gasteiger partial charge in [-0.2, -0.15) is 0 Å². The summed E-state index contributed by atoms with van der Waals surface area (Å²) in [5.74, 6) is -0.125. The van der Waals surface area contributed by atoms with E-state index < -0.39 is 16.9 Å². The Morgan fingerprint density at radius 2 is 1.94 bits per heavy atom. The molecule has 0 aliphatic rings. The van der Waals surface area contributed by atoms with Crippen molar-refractivity contribution in [3.63, 3.8) is 0 Å². The molecular formula is C24H17ClN4O5. The topological polar surface area (TPSA) is 130 Å². The fourth-order valence-corrected chi connectivity index (χ4v) is 3.87. The highest BCUT2D eigenvalue weighted by molar-refractivity contribution is 6.31. The molecule has 0 saturated heterocycles. The number of furan rings is 1. The third kappa shape index (κ3) is 3.93. The molecule has 0 saturated carbocycles.